The van der Waals surface area contributed by atoms with Crippen molar-refractivity contribution in [1.29, 1.82) is 0 Å². The minimum absolute atomic E-state index is 0.0269. The molecule has 0 amide bonds. The Bertz CT molecular complexity index is 1160. The Morgan fingerprint density at radius 2 is 1.79 bits per heavy atom. The Balaban J connectivity index is 1.08. The summed E-state index contributed by atoms with van der Waals surface area (Å²) >= 11 is 0. The number of hydrogen-bond donors (Lipinski definition) is 0. The fraction of sp³-hybridized carbons (Fsp3) is 0.481. The maximum atomic E-state index is 11.9. The normalized spacial score (nSPS) is 25.4. The third-order valence-electron chi connectivity index (χ3n) is 7.94. The molecule has 2 aromatic rings. The number of benzene rings is 2. The molecule has 0 saturated carbocycles. The topological polar surface area (TPSA) is 68.3 Å². The van der Waals surface area contributed by atoms with Crippen molar-refractivity contribution in [2.24, 2.45) is 0 Å². The second kappa shape index (κ2) is 8.48. The minimum Gasteiger partial charge on any atom is -0.457 e. The first-order valence-electron chi connectivity index (χ1n) is 12.2. The van der Waals surface area contributed by atoms with Gasteiger partial charge in [0, 0.05) is 49.9 Å². The van der Waals surface area contributed by atoms with E-state index in [1.54, 1.807) is 0 Å². The number of esters is 2. The van der Waals surface area contributed by atoms with Crippen LogP contribution >= 0.6 is 0 Å². The van der Waals surface area contributed by atoms with Crippen LogP contribution in [0.3, 0.4) is 0 Å². The maximum Gasteiger partial charge on any atom is 0.338 e. The predicted octanol–water partition coefficient (Wildman–Crippen LogP) is 3.20. The molecule has 4 aliphatic rings. The molecule has 4 heterocycles. The second-order valence-electron chi connectivity index (χ2n) is 10.0. The molecule has 34 heavy (non-hydrogen) atoms. The lowest BCUT2D eigenvalue weighted by Crippen LogP contribution is -2.58. The van der Waals surface area contributed by atoms with Crippen molar-refractivity contribution in [3.05, 3.63) is 69.3 Å². The lowest BCUT2D eigenvalue weighted by molar-refractivity contribution is -0.0908. The molecule has 4 aliphatic heterocycles. The third kappa shape index (κ3) is 3.72. The number of rotatable bonds is 4. The van der Waals surface area contributed by atoms with E-state index in [0.29, 0.717) is 42.9 Å². The molecular weight excluding hydrogens is 432 g/mol. The van der Waals surface area contributed by atoms with Crippen LogP contribution in [0.1, 0.15) is 67.5 Å². The Kier molecular flexibility index (Phi) is 5.43. The van der Waals surface area contributed by atoms with Crippen LogP contribution in [0.5, 0.6) is 0 Å². The van der Waals surface area contributed by atoms with Crippen LogP contribution in [0.15, 0.2) is 30.3 Å². The minimum atomic E-state index is -0.221. The van der Waals surface area contributed by atoms with Crippen LogP contribution in [-0.4, -0.2) is 67.1 Å². The highest BCUT2D eigenvalue weighted by molar-refractivity contribution is 5.94. The van der Waals surface area contributed by atoms with Crippen molar-refractivity contribution in [1.82, 2.24) is 9.80 Å². The number of fused-ring (bicyclic) bond motifs is 3. The van der Waals surface area contributed by atoms with Crippen molar-refractivity contribution >= 4 is 11.9 Å². The molecule has 6 rings (SSSR count). The summed E-state index contributed by atoms with van der Waals surface area (Å²) in [6.45, 7) is 10.7. The highest BCUT2D eigenvalue weighted by Gasteiger charge is 2.36. The molecule has 0 aliphatic carbocycles. The summed E-state index contributed by atoms with van der Waals surface area (Å²) in [7, 11) is 0. The van der Waals surface area contributed by atoms with E-state index in [2.05, 4.69) is 35.8 Å². The first kappa shape index (κ1) is 21.8. The highest BCUT2D eigenvalue weighted by atomic mass is 16.5. The number of piperazine rings is 1. The summed E-state index contributed by atoms with van der Waals surface area (Å²) in [5.41, 5.74) is 6.97. The van der Waals surface area contributed by atoms with Crippen LogP contribution in [0.2, 0.25) is 0 Å². The highest BCUT2D eigenvalue weighted by Crippen LogP contribution is 2.34. The summed E-state index contributed by atoms with van der Waals surface area (Å²) in [6.07, 6.45) is 0.0269. The van der Waals surface area contributed by atoms with E-state index >= 15 is 0 Å². The predicted molar refractivity (Wildman–Crippen MR) is 125 cm³/mol. The van der Waals surface area contributed by atoms with E-state index in [9.17, 15) is 9.59 Å². The van der Waals surface area contributed by atoms with E-state index in [1.807, 2.05) is 18.2 Å². The fourth-order valence-corrected chi connectivity index (χ4v) is 5.87. The lowest BCUT2D eigenvalue weighted by atomic mass is 9.93. The SMILES string of the molecule is Cc1c([C@H]2CN3CCN(CC(C)c4ccc5c(c4)COC5=O)C[C@H]3CO2)ccc2c1COC2=O. The largest absolute Gasteiger partial charge is 0.457 e. The van der Waals surface area contributed by atoms with Crippen LogP contribution in [0, 0.1) is 6.92 Å². The van der Waals surface area contributed by atoms with Crippen molar-refractivity contribution < 1.29 is 23.8 Å². The average Bonchev–Trinajstić information content (AvgIpc) is 3.41. The number of ether oxygens (including phenoxy) is 3. The average molecular weight is 463 g/mol. The van der Waals surface area contributed by atoms with E-state index in [0.717, 1.165) is 49.4 Å². The van der Waals surface area contributed by atoms with Gasteiger partial charge in [0.05, 0.1) is 23.8 Å². The van der Waals surface area contributed by atoms with Crippen molar-refractivity contribution in [2.45, 2.75) is 45.1 Å². The molecule has 3 atom stereocenters. The molecular formula is C27H30N2O5. The first-order chi connectivity index (χ1) is 16.5. The van der Waals surface area contributed by atoms with Crippen LogP contribution in [0.25, 0.3) is 0 Å². The molecule has 178 valence electrons. The Morgan fingerprint density at radius 3 is 2.68 bits per heavy atom. The quantitative estimate of drug-likeness (QED) is 0.647. The van der Waals surface area contributed by atoms with E-state index in [4.69, 9.17) is 14.2 Å². The molecule has 0 spiro atoms. The molecule has 0 N–H and O–H groups in total. The molecule has 0 radical (unpaired) electrons. The number of carbonyl (C=O) groups excluding carboxylic acids is 2. The van der Waals surface area contributed by atoms with Crippen LogP contribution < -0.4 is 0 Å². The maximum absolute atomic E-state index is 11.9. The molecule has 1 unspecified atom stereocenters. The van der Waals surface area contributed by atoms with Crippen LogP contribution in [0.4, 0.5) is 0 Å². The molecule has 2 fully saturated rings. The van der Waals surface area contributed by atoms with E-state index < -0.39 is 0 Å². The summed E-state index contributed by atoms with van der Waals surface area (Å²) < 4.78 is 16.7. The molecule has 7 nitrogen and oxygen atoms in total. The van der Waals surface area contributed by atoms with E-state index in [-0.39, 0.29) is 18.0 Å². The number of carbonyl (C=O) groups is 2. The third-order valence-corrected chi connectivity index (χ3v) is 7.94. The van der Waals surface area contributed by atoms with Gasteiger partial charge in [0.15, 0.2) is 0 Å². The monoisotopic (exact) mass is 462 g/mol. The van der Waals surface area contributed by atoms with Gasteiger partial charge < -0.3 is 14.2 Å². The van der Waals surface area contributed by atoms with Crippen LogP contribution in [-0.2, 0) is 27.4 Å². The standard InChI is InChI=1S/C27H30N2O5/c1-16(18-3-4-22-19(9-18)13-33-26(22)30)10-28-7-8-29-12-25(32-14-20(29)11-28)21-5-6-23-24(17(21)2)15-34-27(23)31/h3-6,9,16,20,25H,7-8,10-15H2,1-2H3/t16?,20-,25+/m0/s1. The number of nitrogens with zero attached hydrogens (tertiary/aromatic N) is 2. The van der Waals surface area contributed by atoms with E-state index in [1.165, 1.54) is 11.1 Å². The molecule has 7 heteroatoms. The summed E-state index contributed by atoms with van der Waals surface area (Å²) in [5.74, 6) is -0.0528. The summed E-state index contributed by atoms with van der Waals surface area (Å²) in [4.78, 5) is 28.7. The zero-order valence-electron chi connectivity index (χ0n) is 19.7. The van der Waals surface area contributed by atoms with Crippen molar-refractivity contribution in [3.63, 3.8) is 0 Å². The van der Waals surface area contributed by atoms with Gasteiger partial charge in [0.2, 0.25) is 0 Å². The van der Waals surface area contributed by atoms with Crippen molar-refractivity contribution in [2.75, 3.05) is 39.3 Å². The molecule has 0 aromatic heterocycles. The number of morpholine rings is 1. The number of cyclic esters (lactones) is 2. The second-order valence-corrected chi connectivity index (χ2v) is 10.0. The zero-order chi connectivity index (χ0) is 23.4. The molecule has 0 bridgehead atoms. The van der Waals surface area contributed by atoms with Gasteiger partial charge in [-0.15, -0.1) is 0 Å². The Hall–Kier alpha value is -2.74. The zero-order valence-corrected chi connectivity index (χ0v) is 19.7. The van der Waals surface area contributed by atoms with Gasteiger partial charge in [-0.1, -0.05) is 25.1 Å². The molecule has 2 saturated heterocycles. The number of hydrogen-bond acceptors (Lipinski definition) is 7. The fourth-order valence-electron chi connectivity index (χ4n) is 5.87. The molecule has 2 aromatic carbocycles. The van der Waals surface area contributed by atoms with Gasteiger partial charge in [-0.2, -0.15) is 0 Å². The Morgan fingerprint density at radius 1 is 1.00 bits per heavy atom. The van der Waals surface area contributed by atoms with Gasteiger partial charge in [-0.3, -0.25) is 9.80 Å². The first-order valence-corrected chi connectivity index (χ1v) is 12.2. The van der Waals surface area contributed by atoms with Gasteiger partial charge >= 0.3 is 11.9 Å². The smallest absolute Gasteiger partial charge is 0.338 e. The Labute approximate surface area is 199 Å². The lowest BCUT2D eigenvalue weighted by Gasteiger charge is -2.47. The van der Waals surface area contributed by atoms with Gasteiger partial charge in [0.1, 0.15) is 13.2 Å². The van der Waals surface area contributed by atoms with Crippen molar-refractivity contribution in [3.8, 4) is 0 Å². The summed E-state index contributed by atoms with van der Waals surface area (Å²) in [5, 5.41) is 0. The van der Waals surface area contributed by atoms with Gasteiger partial charge in [0.25, 0.3) is 0 Å². The summed E-state index contributed by atoms with van der Waals surface area (Å²) in [6, 6.07) is 10.4. The van der Waals surface area contributed by atoms with Gasteiger partial charge in [-0.25, -0.2) is 9.59 Å². The van der Waals surface area contributed by atoms with Gasteiger partial charge in [-0.05, 0) is 41.7 Å².